The standard InChI is InChI=1S/C23H25N3O4S/c1-28-17-7-8-18(29-2)15(9-17)12-26-13-16(11-21(26)27)22-24-23(30-25-22)20-10-14-5-3-4-6-19(14)31-20/h7-10,16H,3-6,11-13H2,1-2H3. The van der Waals surface area contributed by atoms with Gasteiger partial charge in [0.05, 0.1) is 19.1 Å². The molecular formula is C23H25N3O4S. The lowest BCUT2D eigenvalue weighted by Crippen LogP contribution is -2.24. The molecular weight excluding hydrogens is 414 g/mol. The van der Waals surface area contributed by atoms with E-state index in [9.17, 15) is 4.79 Å². The molecule has 3 aromatic rings. The molecule has 1 unspecified atom stereocenters. The highest BCUT2D eigenvalue weighted by molar-refractivity contribution is 7.15. The Hall–Kier alpha value is -2.87. The fourth-order valence-corrected chi connectivity index (χ4v) is 5.58. The van der Waals surface area contributed by atoms with Crippen LogP contribution in [0.1, 0.15) is 47.0 Å². The maximum absolute atomic E-state index is 12.7. The molecule has 5 rings (SSSR count). The van der Waals surface area contributed by atoms with E-state index in [1.807, 2.05) is 23.1 Å². The second kappa shape index (κ2) is 8.34. The number of aromatic nitrogens is 2. The summed E-state index contributed by atoms with van der Waals surface area (Å²) >= 11 is 1.76. The molecule has 2 aliphatic rings. The van der Waals surface area contributed by atoms with Gasteiger partial charge in [0.25, 0.3) is 5.89 Å². The third kappa shape index (κ3) is 3.92. The third-order valence-corrected chi connectivity index (χ3v) is 7.30. The normalized spacial score (nSPS) is 18.3. The van der Waals surface area contributed by atoms with Crippen molar-refractivity contribution in [1.82, 2.24) is 15.0 Å². The maximum atomic E-state index is 12.7. The van der Waals surface area contributed by atoms with Crippen LogP contribution < -0.4 is 9.47 Å². The number of fused-ring (bicyclic) bond motifs is 1. The minimum absolute atomic E-state index is 0.0730. The number of rotatable bonds is 6. The van der Waals surface area contributed by atoms with E-state index in [4.69, 9.17) is 14.0 Å². The van der Waals surface area contributed by atoms with E-state index in [0.29, 0.717) is 31.2 Å². The summed E-state index contributed by atoms with van der Waals surface area (Å²) in [5.41, 5.74) is 2.33. The van der Waals surface area contributed by atoms with Crippen molar-refractivity contribution in [3.05, 3.63) is 46.1 Å². The molecule has 162 valence electrons. The molecule has 0 radical (unpaired) electrons. The van der Waals surface area contributed by atoms with Crippen LogP contribution in [-0.4, -0.2) is 41.7 Å². The van der Waals surface area contributed by atoms with E-state index in [2.05, 4.69) is 16.2 Å². The molecule has 1 aromatic carbocycles. The number of hydrogen-bond donors (Lipinski definition) is 0. The Morgan fingerprint density at radius 1 is 1.19 bits per heavy atom. The van der Waals surface area contributed by atoms with Crippen LogP contribution in [0, 0.1) is 0 Å². The first-order chi connectivity index (χ1) is 15.1. The first-order valence-corrected chi connectivity index (χ1v) is 11.4. The topological polar surface area (TPSA) is 77.7 Å². The van der Waals surface area contributed by atoms with Crippen LogP contribution in [0.15, 0.2) is 28.8 Å². The summed E-state index contributed by atoms with van der Waals surface area (Å²) in [5.74, 6) is 2.65. The Bertz CT molecular complexity index is 1080. The lowest BCUT2D eigenvalue weighted by molar-refractivity contribution is -0.128. The number of carbonyl (C=O) groups excluding carboxylic acids is 1. The van der Waals surface area contributed by atoms with Crippen molar-refractivity contribution in [2.24, 2.45) is 0 Å². The average molecular weight is 440 g/mol. The number of methoxy groups -OCH3 is 2. The molecule has 1 fully saturated rings. The first-order valence-electron chi connectivity index (χ1n) is 10.6. The van der Waals surface area contributed by atoms with Gasteiger partial charge in [-0.2, -0.15) is 4.98 Å². The Labute approximate surface area is 185 Å². The molecule has 2 aromatic heterocycles. The lowest BCUT2D eigenvalue weighted by Gasteiger charge is -2.18. The van der Waals surface area contributed by atoms with Crippen LogP contribution in [0.25, 0.3) is 10.8 Å². The molecule has 1 aliphatic heterocycles. The summed E-state index contributed by atoms with van der Waals surface area (Å²) in [5, 5.41) is 4.21. The van der Waals surface area contributed by atoms with E-state index in [1.165, 1.54) is 23.3 Å². The fourth-order valence-electron chi connectivity index (χ4n) is 4.41. The van der Waals surface area contributed by atoms with E-state index >= 15 is 0 Å². The molecule has 8 heteroatoms. The minimum atomic E-state index is -0.0730. The molecule has 3 heterocycles. The van der Waals surface area contributed by atoms with Gasteiger partial charge >= 0.3 is 0 Å². The molecule has 1 amide bonds. The summed E-state index contributed by atoms with van der Waals surface area (Å²) in [6.07, 6.45) is 5.15. The summed E-state index contributed by atoms with van der Waals surface area (Å²) in [6, 6.07) is 7.81. The molecule has 0 saturated carbocycles. The number of thiophene rings is 1. The number of ether oxygens (including phenoxy) is 2. The van der Waals surface area contributed by atoms with Crippen molar-refractivity contribution in [3.8, 4) is 22.3 Å². The van der Waals surface area contributed by atoms with Gasteiger partial charge in [0, 0.05) is 35.9 Å². The quantitative estimate of drug-likeness (QED) is 0.573. The number of amides is 1. The summed E-state index contributed by atoms with van der Waals surface area (Å²) in [4.78, 5) is 21.6. The van der Waals surface area contributed by atoms with Gasteiger partial charge in [-0.1, -0.05) is 5.16 Å². The lowest BCUT2D eigenvalue weighted by atomic mass is 9.99. The van der Waals surface area contributed by atoms with Gasteiger partial charge in [-0.25, -0.2) is 0 Å². The molecule has 0 bridgehead atoms. The Kier molecular flexibility index (Phi) is 5.40. The highest BCUT2D eigenvalue weighted by atomic mass is 32.1. The van der Waals surface area contributed by atoms with Gasteiger partial charge in [-0.15, -0.1) is 11.3 Å². The molecule has 31 heavy (non-hydrogen) atoms. The zero-order valence-corrected chi connectivity index (χ0v) is 18.5. The summed E-state index contributed by atoms with van der Waals surface area (Å²) in [7, 11) is 3.25. The van der Waals surface area contributed by atoms with E-state index < -0.39 is 0 Å². The number of hydrogen-bond acceptors (Lipinski definition) is 7. The van der Waals surface area contributed by atoms with Gasteiger partial charge in [0.2, 0.25) is 5.91 Å². The van der Waals surface area contributed by atoms with Crippen molar-refractivity contribution in [2.45, 2.75) is 44.6 Å². The van der Waals surface area contributed by atoms with Gasteiger partial charge in [0.1, 0.15) is 11.5 Å². The zero-order valence-electron chi connectivity index (χ0n) is 17.7. The molecule has 7 nitrogen and oxygen atoms in total. The van der Waals surface area contributed by atoms with E-state index in [1.54, 1.807) is 25.6 Å². The van der Waals surface area contributed by atoms with Crippen molar-refractivity contribution in [2.75, 3.05) is 20.8 Å². The Morgan fingerprint density at radius 3 is 2.87 bits per heavy atom. The van der Waals surface area contributed by atoms with Crippen molar-refractivity contribution in [1.29, 1.82) is 0 Å². The first kappa shape index (κ1) is 20.1. The van der Waals surface area contributed by atoms with Crippen LogP contribution in [0.4, 0.5) is 0 Å². The maximum Gasteiger partial charge on any atom is 0.268 e. The van der Waals surface area contributed by atoms with Gasteiger partial charge in [-0.3, -0.25) is 4.79 Å². The second-order valence-corrected chi connectivity index (χ2v) is 9.21. The molecule has 1 atom stereocenters. The number of nitrogens with zero attached hydrogens (tertiary/aromatic N) is 3. The minimum Gasteiger partial charge on any atom is -0.497 e. The van der Waals surface area contributed by atoms with Gasteiger partial charge in [-0.05, 0) is 55.5 Å². The third-order valence-electron chi connectivity index (χ3n) is 6.08. The van der Waals surface area contributed by atoms with Gasteiger partial charge < -0.3 is 18.9 Å². The van der Waals surface area contributed by atoms with Crippen LogP contribution in [-0.2, 0) is 24.2 Å². The number of carbonyl (C=O) groups is 1. The predicted octanol–water partition coefficient (Wildman–Crippen LogP) is 4.21. The SMILES string of the molecule is COc1ccc(OC)c(CN2CC(c3noc(-c4cc5c(s4)CCCC5)n3)CC2=O)c1. The number of likely N-dealkylation sites (tertiary alicyclic amines) is 1. The van der Waals surface area contributed by atoms with Crippen molar-refractivity contribution < 1.29 is 18.8 Å². The van der Waals surface area contributed by atoms with E-state index in [-0.39, 0.29) is 11.8 Å². The molecule has 0 N–H and O–H groups in total. The average Bonchev–Trinajstić information content (AvgIpc) is 3.52. The van der Waals surface area contributed by atoms with E-state index in [0.717, 1.165) is 34.8 Å². The van der Waals surface area contributed by atoms with Crippen molar-refractivity contribution >= 4 is 17.2 Å². The van der Waals surface area contributed by atoms with Crippen LogP contribution in [0.5, 0.6) is 11.5 Å². The smallest absolute Gasteiger partial charge is 0.268 e. The van der Waals surface area contributed by atoms with Gasteiger partial charge in [0.15, 0.2) is 5.82 Å². The second-order valence-electron chi connectivity index (χ2n) is 8.08. The predicted molar refractivity (Wildman–Crippen MR) is 117 cm³/mol. The summed E-state index contributed by atoms with van der Waals surface area (Å²) in [6.45, 7) is 1.01. The number of aryl methyl sites for hydroxylation is 2. The summed E-state index contributed by atoms with van der Waals surface area (Å²) < 4.78 is 16.4. The molecule has 1 saturated heterocycles. The fraction of sp³-hybridized carbons (Fsp3) is 0.435. The largest absolute Gasteiger partial charge is 0.497 e. The molecule has 0 spiro atoms. The Morgan fingerprint density at radius 2 is 2.06 bits per heavy atom. The monoisotopic (exact) mass is 439 g/mol. The van der Waals surface area contributed by atoms with Crippen molar-refractivity contribution in [3.63, 3.8) is 0 Å². The zero-order chi connectivity index (χ0) is 21.4. The van der Waals surface area contributed by atoms with Crippen LogP contribution >= 0.6 is 11.3 Å². The highest BCUT2D eigenvalue weighted by Gasteiger charge is 2.34. The molecule has 1 aliphatic carbocycles. The highest BCUT2D eigenvalue weighted by Crippen LogP contribution is 2.36. The van der Waals surface area contributed by atoms with Crippen LogP contribution in [0.2, 0.25) is 0 Å². The Balaban J connectivity index is 1.31. The number of benzene rings is 1. The van der Waals surface area contributed by atoms with Crippen LogP contribution in [0.3, 0.4) is 0 Å².